The van der Waals surface area contributed by atoms with Crippen LogP contribution >= 0.6 is 23.7 Å². The van der Waals surface area contributed by atoms with Gasteiger partial charge in [-0.3, -0.25) is 4.79 Å². The zero-order valence-electron chi connectivity index (χ0n) is 14.0. The Balaban J connectivity index is 0.00000288. The number of halogens is 1. The minimum atomic E-state index is -3.45. The highest BCUT2D eigenvalue weighted by molar-refractivity contribution is 7.91. The van der Waals surface area contributed by atoms with Gasteiger partial charge in [0, 0.05) is 19.1 Å². The maximum Gasteiger partial charge on any atom is 0.250 e. The van der Waals surface area contributed by atoms with Gasteiger partial charge in [-0.05, 0) is 37.6 Å². The topological polar surface area (TPSA) is 92.5 Å². The van der Waals surface area contributed by atoms with Crippen LogP contribution in [0.25, 0.3) is 0 Å². The number of nitrogens with one attached hydrogen (secondary N) is 1. The van der Waals surface area contributed by atoms with E-state index in [1.165, 1.54) is 11.3 Å². The third kappa shape index (κ3) is 5.16. The smallest absolute Gasteiger partial charge is 0.250 e. The molecule has 1 aliphatic rings. The molecule has 0 saturated carbocycles. The lowest BCUT2D eigenvalue weighted by molar-refractivity contribution is -0.137. The number of amides is 1. The molecule has 1 fully saturated rings. The molecule has 1 unspecified atom stereocenters. The van der Waals surface area contributed by atoms with Gasteiger partial charge in [0.05, 0.1) is 5.54 Å². The summed E-state index contributed by atoms with van der Waals surface area (Å²) in [5.41, 5.74) is 5.27. The van der Waals surface area contributed by atoms with E-state index in [0.29, 0.717) is 36.6 Å². The van der Waals surface area contributed by atoms with E-state index in [2.05, 4.69) is 4.72 Å². The summed E-state index contributed by atoms with van der Waals surface area (Å²) in [6.07, 6.45) is 2.73. The molecule has 6 nitrogen and oxygen atoms in total. The van der Waals surface area contributed by atoms with Crippen molar-refractivity contribution in [3.05, 3.63) is 17.5 Å². The third-order valence-corrected chi connectivity index (χ3v) is 7.04. The van der Waals surface area contributed by atoms with Gasteiger partial charge in [-0.25, -0.2) is 13.1 Å². The Kier molecular flexibility index (Phi) is 7.68. The predicted molar refractivity (Wildman–Crippen MR) is 99.0 cm³/mol. The average Bonchev–Trinajstić information content (AvgIpc) is 3.02. The molecule has 1 aromatic heterocycles. The van der Waals surface area contributed by atoms with E-state index >= 15 is 0 Å². The second-order valence-corrected chi connectivity index (χ2v) is 9.18. The van der Waals surface area contributed by atoms with Gasteiger partial charge < -0.3 is 10.6 Å². The molecule has 0 radical (unpaired) electrons. The number of carbonyl (C=O) groups excluding carboxylic acids is 1. The lowest BCUT2D eigenvalue weighted by Gasteiger charge is -2.36. The Hall–Kier alpha value is -0.670. The first kappa shape index (κ1) is 21.4. The molecule has 2 heterocycles. The number of carbonyl (C=O) groups is 1. The molecular formula is C15H26ClN3O3S2. The summed E-state index contributed by atoms with van der Waals surface area (Å²) in [5.74, 6) is -0.0427. The van der Waals surface area contributed by atoms with E-state index < -0.39 is 15.6 Å². The second kappa shape index (κ2) is 8.62. The van der Waals surface area contributed by atoms with Gasteiger partial charge in [0.15, 0.2) is 0 Å². The van der Waals surface area contributed by atoms with Crippen molar-refractivity contribution in [2.45, 2.75) is 55.3 Å². The fourth-order valence-corrected chi connectivity index (χ4v) is 5.20. The van der Waals surface area contributed by atoms with Crippen molar-refractivity contribution in [1.29, 1.82) is 0 Å². The van der Waals surface area contributed by atoms with Gasteiger partial charge in [0.25, 0.3) is 0 Å². The molecule has 3 N–H and O–H groups in total. The number of hydrogen-bond donors (Lipinski definition) is 2. The summed E-state index contributed by atoms with van der Waals surface area (Å²) in [6.45, 7) is 4.84. The van der Waals surface area contributed by atoms with E-state index in [-0.39, 0.29) is 24.4 Å². The molecule has 1 atom stereocenters. The Bertz CT molecular complexity index is 624. The Morgan fingerprint density at radius 1 is 1.46 bits per heavy atom. The van der Waals surface area contributed by atoms with Crippen LogP contribution in [0.2, 0.25) is 0 Å². The van der Waals surface area contributed by atoms with Crippen LogP contribution in [0.3, 0.4) is 0 Å². The Labute approximate surface area is 154 Å². The Morgan fingerprint density at radius 3 is 2.58 bits per heavy atom. The SMILES string of the molecule is CCCC(C)(N)C(=O)N1CCC(NS(=O)(=O)c2cccs2)CC1.Cl. The summed E-state index contributed by atoms with van der Waals surface area (Å²) in [5, 5.41) is 1.74. The number of piperidine rings is 1. The van der Waals surface area contributed by atoms with Crippen LogP contribution in [0, 0.1) is 0 Å². The van der Waals surface area contributed by atoms with Crippen LogP contribution in [0.4, 0.5) is 0 Å². The predicted octanol–water partition coefficient (Wildman–Crippen LogP) is 1.96. The lowest BCUT2D eigenvalue weighted by atomic mass is 9.94. The summed E-state index contributed by atoms with van der Waals surface area (Å²) in [6, 6.07) is 3.17. The Morgan fingerprint density at radius 2 is 2.08 bits per heavy atom. The molecule has 1 saturated heterocycles. The van der Waals surface area contributed by atoms with Gasteiger partial charge in [0.2, 0.25) is 15.9 Å². The molecular weight excluding hydrogens is 370 g/mol. The highest BCUT2D eigenvalue weighted by atomic mass is 35.5. The van der Waals surface area contributed by atoms with Gasteiger partial charge in [-0.15, -0.1) is 23.7 Å². The van der Waals surface area contributed by atoms with Crippen molar-refractivity contribution in [3.8, 4) is 0 Å². The summed E-state index contributed by atoms with van der Waals surface area (Å²) >= 11 is 1.20. The van der Waals surface area contributed by atoms with Crippen LogP contribution in [0.5, 0.6) is 0 Å². The molecule has 1 aliphatic heterocycles. The highest BCUT2D eigenvalue weighted by Crippen LogP contribution is 2.21. The van der Waals surface area contributed by atoms with Crippen molar-refractivity contribution in [2.75, 3.05) is 13.1 Å². The van der Waals surface area contributed by atoms with Crippen LogP contribution in [0.15, 0.2) is 21.7 Å². The normalized spacial score (nSPS) is 18.7. The standard InChI is InChI=1S/C15H25N3O3S2.ClH/c1-3-8-15(2,16)14(19)18-9-6-12(7-10-18)17-23(20,21)13-5-4-11-22-13;/h4-5,11-12,17H,3,6-10,16H2,1-2H3;1H. The first-order chi connectivity index (χ1) is 10.8. The number of likely N-dealkylation sites (tertiary alicyclic amines) is 1. The molecule has 0 aromatic carbocycles. The van der Waals surface area contributed by atoms with E-state index in [0.717, 1.165) is 6.42 Å². The summed E-state index contributed by atoms with van der Waals surface area (Å²) in [4.78, 5) is 14.2. The van der Waals surface area contributed by atoms with Crippen molar-refractivity contribution in [2.24, 2.45) is 5.73 Å². The van der Waals surface area contributed by atoms with Gasteiger partial charge >= 0.3 is 0 Å². The average molecular weight is 396 g/mol. The van der Waals surface area contributed by atoms with Crippen LogP contribution in [0.1, 0.15) is 39.5 Å². The molecule has 0 aliphatic carbocycles. The van der Waals surface area contributed by atoms with Crippen LogP contribution in [-0.4, -0.2) is 43.9 Å². The van der Waals surface area contributed by atoms with E-state index in [1.807, 2.05) is 6.92 Å². The third-order valence-electron chi connectivity index (χ3n) is 4.12. The minimum Gasteiger partial charge on any atom is -0.341 e. The monoisotopic (exact) mass is 395 g/mol. The molecule has 1 amide bonds. The molecule has 1 aromatic rings. The first-order valence-electron chi connectivity index (χ1n) is 7.90. The maximum atomic E-state index is 12.5. The van der Waals surface area contributed by atoms with Crippen LogP contribution < -0.4 is 10.5 Å². The number of thiophene rings is 1. The van der Waals surface area contributed by atoms with Gasteiger partial charge in [-0.1, -0.05) is 19.4 Å². The van der Waals surface area contributed by atoms with Crippen molar-refractivity contribution in [3.63, 3.8) is 0 Å². The highest BCUT2D eigenvalue weighted by Gasteiger charge is 2.34. The number of nitrogens with zero attached hydrogens (tertiary/aromatic N) is 1. The number of nitrogens with two attached hydrogens (primary N) is 1. The fraction of sp³-hybridized carbons (Fsp3) is 0.667. The molecule has 9 heteroatoms. The molecule has 24 heavy (non-hydrogen) atoms. The summed E-state index contributed by atoms with van der Waals surface area (Å²) < 4.78 is 27.5. The van der Waals surface area contributed by atoms with Crippen molar-refractivity contribution >= 4 is 39.7 Å². The van der Waals surface area contributed by atoms with Gasteiger partial charge in [0.1, 0.15) is 4.21 Å². The zero-order chi connectivity index (χ0) is 17.1. The summed E-state index contributed by atoms with van der Waals surface area (Å²) in [7, 11) is -3.45. The lowest BCUT2D eigenvalue weighted by Crippen LogP contribution is -2.56. The number of sulfonamides is 1. The quantitative estimate of drug-likeness (QED) is 0.769. The van der Waals surface area contributed by atoms with Crippen molar-refractivity contribution < 1.29 is 13.2 Å². The zero-order valence-corrected chi connectivity index (χ0v) is 16.5. The van der Waals surface area contributed by atoms with Crippen molar-refractivity contribution in [1.82, 2.24) is 9.62 Å². The fourth-order valence-electron chi connectivity index (χ4n) is 2.88. The number of rotatable bonds is 6. The molecule has 0 spiro atoms. The van der Waals surface area contributed by atoms with Crippen LogP contribution in [-0.2, 0) is 14.8 Å². The van der Waals surface area contributed by atoms with E-state index in [1.54, 1.807) is 29.3 Å². The number of hydrogen-bond acceptors (Lipinski definition) is 5. The molecule has 0 bridgehead atoms. The largest absolute Gasteiger partial charge is 0.341 e. The van der Waals surface area contributed by atoms with Gasteiger partial charge in [-0.2, -0.15) is 0 Å². The minimum absolute atomic E-state index is 0. The van der Waals surface area contributed by atoms with E-state index in [9.17, 15) is 13.2 Å². The molecule has 2 rings (SSSR count). The first-order valence-corrected chi connectivity index (χ1v) is 10.3. The maximum absolute atomic E-state index is 12.5. The second-order valence-electron chi connectivity index (χ2n) is 6.29. The van der Waals surface area contributed by atoms with E-state index in [4.69, 9.17) is 5.73 Å². The molecule has 138 valence electrons.